The van der Waals surface area contributed by atoms with E-state index in [9.17, 15) is 14.4 Å². The summed E-state index contributed by atoms with van der Waals surface area (Å²) in [7, 11) is 18.2. The maximum Gasteiger partial charge on any atom is 0.247 e. The molecule has 3 fully saturated rings. The number of nitrogens with zero attached hydrogens (tertiary/aromatic N) is 15. The fourth-order valence-corrected chi connectivity index (χ4v) is 13.7. The molecule has 12 aromatic rings. The predicted octanol–water partition coefficient (Wildman–Crippen LogP) is 13.7. The van der Waals surface area contributed by atoms with Crippen LogP contribution in [0.3, 0.4) is 0 Å². The van der Waals surface area contributed by atoms with Crippen LogP contribution in [0, 0.1) is 11.6 Å². The minimum Gasteiger partial charge on any atom is -0.438 e. The summed E-state index contributed by atoms with van der Waals surface area (Å²) >= 11 is 0. The van der Waals surface area contributed by atoms with Crippen LogP contribution < -0.4 is 65.7 Å². The zero-order valence-corrected chi connectivity index (χ0v) is 69.0. The van der Waals surface area contributed by atoms with Crippen LogP contribution in [0.5, 0.6) is 34.9 Å². The van der Waals surface area contributed by atoms with Gasteiger partial charge in [0.1, 0.15) is 51.2 Å². The Kier molecular flexibility index (Phi) is 27.5. The number of anilines is 13. The maximum atomic E-state index is 15.2. The molecule has 0 saturated carbocycles. The molecule has 0 atom stereocenters. The number of halogens is 2. The van der Waals surface area contributed by atoms with Gasteiger partial charge in [-0.05, 0) is 189 Å². The van der Waals surface area contributed by atoms with E-state index in [-0.39, 0.29) is 41.3 Å². The van der Waals surface area contributed by atoms with Gasteiger partial charge in [-0.25, -0.2) is 8.78 Å². The number of piperazine rings is 3. The molecule has 0 unspecified atom stereocenters. The van der Waals surface area contributed by atoms with Gasteiger partial charge in [0.15, 0.2) is 0 Å². The third-order valence-electron chi connectivity index (χ3n) is 20.4. The zero-order valence-electron chi connectivity index (χ0n) is 69.0. The third-order valence-corrected chi connectivity index (χ3v) is 20.4. The van der Waals surface area contributed by atoms with Gasteiger partial charge in [-0.15, -0.1) is 0 Å². The lowest BCUT2D eigenvalue weighted by Crippen LogP contribution is -2.44. The molecule has 3 saturated heterocycles. The van der Waals surface area contributed by atoms with Crippen molar-refractivity contribution >= 4 is 126 Å². The maximum absolute atomic E-state index is 15.2. The number of H-pyrrole nitrogens is 3. The molecule has 6 aromatic carbocycles. The average molecular weight is 1630 g/mol. The molecular weight excluding hydrogens is 1530 g/mol. The molecule has 0 radical (unpaired) electrons. The molecular formula is C88H102F2N24O6. The number of carbonyl (C=O) groups excluding carboxylic acids is 3. The van der Waals surface area contributed by atoms with Crippen LogP contribution in [0.1, 0.15) is 11.1 Å². The van der Waals surface area contributed by atoms with Crippen LogP contribution in [0.4, 0.5) is 83.5 Å². The number of benzene rings is 6. The van der Waals surface area contributed by atoms with Crippen molar-refractivity contribution in [2.24, 2.45) is 0 Å². The second-order valence-corrected chi connectivity index (χ2v) is 30.1. The van der Waals surface area contributed by atoms with Crippen molar-refractivity contribution in [2.45, 2.75) is 12.8 Å². The minimum atomic E-state index is -0.325. The number of likely N-dealkylation sites (N-methyl/N-ethyl adjacent to an activating group) is 5. The van der Waals surface area contributed by atoms with E-state index >= 15 is 8.78 Å². The Morgan fingerprint density at radius 1 is 0.417 bits per heavy atom. The number of fused-ring (bicyclic) bond motifs is 3. The number of nitrogens with one attached hydrogen (secondary N) is 9. The molecule has 0 bridgehead atoms. The molecule has 32 heteroatoms. The first-order valence-corrected chi connectivity index (χ1v) is 39.5. The Hall–Kier alpha value is -13.5. The molecule has 3 amide bonds. The topological polar surface area (TPSA) is 305 Å². The lowest BCUT2D eigenvalue weighted by atomic mass is 10.1. The van der Waals surface area contributed by atoms with Crippen molar-refractivity contribution in [1.82, 2.24) is 69.4 Å². The fraction of sp³-hybridized carbons (Fsp3) is 0.284. The van der Waals surface area contributed by atoms with Crippen molar-refractivity contribution in [3.63, 3.8) is 0 Å². The number of aromatic amines is 3. The number of rotatable bonds is 28. The molecule has 6 aromatic heterocycles. The average Bonchev–Trinajstić information content (AvgIpc) is 1.61. The summed E-state index contributed by atoms with van der Waals surface area (Å²) in [4.78, 5) is 92.6. The molecule has 624 valence electrons. The number of carbonyl (C=O) groups is 3. The second-order valence-electron chi connectivity index (χ2n) is 30.1. The molecule has 30 nitrogen and oxygen atoms in total. The SMILES string of the molecule is C=CC(=O)Nc1cccc(Oc2nc(Nc3ccc(N4CCN(C)CC4)c(F)c3)nc3[nH]cc(CCN(C)C)c23)c1.C=CC(=O)Nc1cccc(Oc2nc(Nc3ccc(N4CCN(C)CC4)c(F)c3)nc3[nH]cc(N(C)C)c23)c1.C=CC(=O)Nc1cccc(Oc2nc(Nc3ccc(N4CCN(C)CC4)cc3)nc3[nH]cc(CCN(C)C)c23)c1. The summed E-state index contributed by atoms with van der Waals surface area (Å²) in [5.41, 5.74) is 10.8. The summed E-state index contributed by atoms with van der Waals surface area (Å²) in [6, 6.07) is 39.7. The second kappa shape index (κ2) is 39.2. The summed E-state index contributed by atoms with van der Waals surface area (Å²) in [6.45, 7) is 23.0. The molecule has 0 aliphatic carbocycles. The first-order chi connectivity index (χ1) is 58.0. The number of hydrogen-bond acceptors (Lipinski definition) is 24. The Labute approximate surface area is 696 Å². The Morgan fingerprint density at radius 2 is 0.758 bits per heavy atom. The van der Waals surface area contributed by atoms with Crippen LogP contribution in [0.25, 0.3) is 33.1 Å². The highest BCUT2D eigenvalue weighted by molar-refractivity contribution is 6.01. The highest BCUT2D eigenvalue weighted by atomic mass is 19.1. The van der Waals surface area contributed by atoms with Gasteiger partial charge >= 0.3 is 0 Å². The van der Waals surface area contributed by atoms with E-state index in [1.54, 1.807) is 72.8 Å². The van der Waals surface area contributed by atoms with E-state index in [1.165, 1.54) is 36.0 Å². The smallest absolute Gasteiger partial charge is 0.247 e. The van der Waals surface area contributed by atoms with E-state index in [0.29, 0.717) is 103 Å². The summed E-state index contributed by atoms with van der Waals surface area (Å²) in [6.07, 6.45) is 10.9. The van der Waals surface area contributed by atoms with Gasteiger partial charge in [-0.1, -0.05) is 37.9 Å². The third kappa shape index (κ3) is 22.0. The van der Waals surface area contributed by atoms with Gasteiger partial charge < -0.3 is 105 Å². The lowest BCUT2D eigenvalue weighted by Gasteiger charge is -2.34. The van der Waals surface area contributed by atoms with Gasteiger partial charge in [-0.3, -0.25) is 14.4 Å². The van der Waals surface area contributed by atoms with Gasteiger partial charge in [0.2, 0.25) is 53.2 Å². The molecule has 15 rings (SSSR count). The molecule has 9 N–H and O–H groups in total. The van der Waals surface area contributed by atoms with Gasteiger partial charge in [0, 0.05) is 182 Å². The molecule has 120 heavy (non-hydrogen) atoms. The molecule has 3 aliphatic rings. The largest absolute Gasteiger partial charge is 0.438 e. The van der Waals surface area contributed by atoms with Crippen molar-refractivity contribution in [1.29, 1.82) is 0 Å². The van der Waals surface area contributed by atoms with E-state index in [2.05, 4.69) is 159 Å². The van der Waals surface area contributed by atoms with E-state index in [0.717, 1.165) is 138 Å². The van der Waals surface area contributed by atoms with Crippen molar-refractivity contribution in [3.8, 4) is 34.9 Å². The first kappa shape index (κ1) is 84.4. The number of hydrogen-bond donors (Lipinski definition) is 9. The van der Waals surface area contributed by atoms with Crippen LogP contribution >= 0.6 is 0 Å². The quantitative estimate of drug-likeness (QED) is 0.0206. The van der Waals surface area contributed by atoms with Crippen LogP contribution in [0.15, 0.2) is 190 Å². The molecule has 0 spiro atoms. The van der Waals surface area contributed by atoms with Gasteiger partial charge in [-0.2, -0.15) is 29.9 Å². The van der Waals surface area contributed by atoms with Crippen molar-refractivity contribution in [3.05, 3.63) is 213 Å². The predicted molar refractivity (Wildman–Crippen MR) is 475 cm³/mol. The standard InChI is InChI=1S/C30H35FN8O2.C30H36N8O2.C28H31FN8O2/c1-5-26(40)33-21-7-6-8-23(17-21)41-29-27-20(11-12-37(2)3)19-32-28(27)35-30(36-29)34-22-9-10-25(24(31)18-22)39-15-13-38(4)14-16-39;1-5-26(39)32-23-7-6-8-25(19-23)40-29-27-21(13-14-36(2)3)20-31-28(27)34-30(35-29)33-22-9-11-24(12-10-22)38-17-15-37(4)16-18-38;1-5-24(38)31-18-7-6-8-20(15-18)39-27-25-23(35(2)3)17-30-26(25)33-28(34-27)32-19-9-10-22(21(29)16-19)37-13-11-36(4)12-14-37/h5-10,17-19H,1,11-16H2,2-4H3,(H,33,40)(H2,32,34,35,36);5-12,19-20H,1,13-18H2,2-4H3,(H,32,39)(H2,31,33,34,35);5-10,15-17H,1,11-14H2,2-4H3,(H,31,38)(H2,30,32,33,34). The van der Waals surface area contributed by atoms with Crippen LogP contribution in [-0.4, -0.2) is 242 Å². The van der Waals surface area contributed by atoms with Crippen molar-refractivity contribution < 1.29 is 37.4 Å². The van der Waals surface area contributed by atoms with Gasteiger partial charge in [0.05, 0.1) is 27.8 Å². The highest BCUT2D eigenvalue weighted by Gasteiger charge is 2.25. The Balaban J connectivity index is 0.000000156. The van der Waals surface area contributed by atoms with E-state index in [4.69, 9.17) is 24.2 Å². The van der Waals surface area contributed by atoms with E-state index < -0.39 is 0 Å². The number of aromatic nitrogens is 9. The summed E-state index contributed by atoms with van der Waals surface area (Å²) < 4.78 is 49.1. The lowest BCUT2D eigenvalue weighted by molar-refractivity contribution is -0.112. The fourth-order valence-electron chi connectivity index (χ4n) is 13.7. The summed E-state index contributed by atoms with van der Waals surface area (Å²) in [5, 5.41) is 20.1. The normalized spacial score (nSPS) is 13.9. The number of amides is 3. The van der Waals surface area contributed by atoms with Crippen LogP contribution in [0.2, 0.25) is 0 Å². The first-order valence-electron chi connectivity index (χ1n) is 39.5. The highest BCUT2D eigenvalue weighted by Crippen LogP contribution is 2.40. The Bertz CT molecular complexity index is 5610. The van der Waals surface area contributed by atoms with E-state index in [1.807, 2.05) is 102 Å². The monoisotopic (exact) mass is 1630 g/mol. The van der Waals surface area contributed by atoms with Crippen molar-refractivity contribution in [2.75, 3.05) is 207 Å². The number of ether oxygens (including phenoxy) is 3. The molecule has 3 aliphatic heterocycles. The molecule has 9 heterocycles. The Morgan fingerprint density at radius 3 is 1.12 bits per heavy atom. The zero-order chi connectivity index (χ0) is 84.5. The summed E-state index contributed by atoms with van der Waals surface area (Å²) in [5.74, 6) is 1.96. The minimum absolute atomic E-state index is 0.243. The van der Waals surface area contributed by atoms with Crippen LogP contribution in [-0.2, 0) is 27.2 Å². The van der Waals surface area contributed by atoms with Gasteiger partial charge in [0.25, 0.3) is 0 Å².